The van der Waals surface area contributed by atoms with Gasteiger partial charge in [-0.05, 0) is 36.4 Å². The molecular weight excluding hydrogens is 310 g/mol. The van der Waals surface area contributed by atoms with E-state index in [4.69, 9.17) is 4.74 Å². The Bertz CT molecular complexity index is 791. The van der Waals surface area contributed by atoms with Gasteiger partial charge in [0.15, 0.2) is 0 Å². The topological polar surface area (TPSA) is 80.8 Å². The Kier molecular flexibility index (Phi) is 4.20. The molecule has 1 aliphatic rings. The highest BCUT2D eigenvalue weighted by Crippen LogP contribution is 2.22. The number of rotatable bonds is 5. The highest BCUT2D eigenvalue weighted by Gasteiger charge is 2.35. The number of amides is 2. The minimum Gasteiger partial charge on any atom is -0.426 e. The van der Waals surface area contributed by atoms with E-state index in [1.54, 1.807) is 24.3 Å². The van der Waals surface area contributed by atoms with Crippen LogP contribution in [0.25, 0.3) is 0 Å². The summed E-state index contributed by atoms with van der Waals surface area (Å²) >= 11 is 0. The summed E-state index contributed by atoms with van der Waals surface area (Å²) in [6.45, 7) is -0.0440. The summed E-state index contributed by atoms with van der Waals surface area (Å²) in [6, 6.07) is 12.6. The van der Waals surface area contributed by atoms with Crippen LogP contribution in [0.1, 0.15) is 37.5 Å². The first-order chi connectivity index (χ1) is 11.6. The van der Waals surface area contributed by atoms with Crippen molar-refractivity contribution in [3.05, 3.63) is 65.2 Å². The number of hydrogen-bond donors (Lipinski definition) is 0. The molecule has 0 unspecified atom stereocenters. The zero-order valence-electron chi connectivity index (χ0n) is 12.6. The van der Waals surface area contributed by atoms with E-state index in [1.807, 2.05) is 0 Å². The molecule has 0 radical (unpaired) electrons. The van der Waals surface area contributed by atoms with Gasteiger partial charge in [0.05, 0.1) is 17.5 Å². The van der Waals surface area contributed by atoms with Gasteiger partial charge in [0, 0.05) is 12.1 Å². The summed E-state index contributed by atoms with van der Waals surface area (Å²) < 4.78 is 5.12. The van der Waals surface area contributed by atoms with Crippen molar-refractivity contribution >= 4 is 24.1 Å². The van der Waals surface area contributed by atoms with Gasteiger partial charge in [0.2, 0.25) is 0 Å². The summed E-state index contributed by atoms with van der Waals surface area (Å²) in [6.07, 6.45) is 0.578. The van der Waals surface area contributed by atoms with Gasteiger partial charge in [-0.3, -0.25) is 24.1 Å². The summed E-state index contributed by atoms with van der Waals surface area (Å²) in [5, 5.41) is 0. The summed E-state index contributed by atoms with van der Waals surface area (Å²) in [7, 11) is 0. The normalized spacial score (nSPS) is 12.9. The lowest BCUT2D eigenvalue weighted by molar-refractivity contribution is -0.134. The molecule has 1 aliphatic heterocycles. The van der Waals surface area contributed by atoms with E-state index in [1.165, 1.54) is 24.3 Å². The molecule has 2 aromatic carbocycles. The van der Waals surface area contributed by atoms with E-state index >= 15 is 0 Å². The van der Waals surface area contributed by atoms with Gasteiger partial charge in [0.25, 0.3) is 11.8 Å². The van der Waals surface area contributed by atoms with Gasteiger partial charge >= 0.3 is 5.97 Å². The first kappa shape index (κ1) is 15.6. The number of esters is 1. The fraction of sp³-hybridized carbons (Fsp3) is 0.111. The molecule has 0 fully saturated rings. The quantitative estimate of drug-likeness (QED) is 0.364. The average molecular weight is 323 g/mol. The molecule has 1 heterocycles. The first-order valence-electron chi connectivity index (χ1n) is 7.31. The molecule has 0 N–H and O–H groups in total. The lowest BCUT2D eigenvalue weighted by Crippen LogP contribution is -2.32. The maximum absolute atomic E-state index is 12.2. The van der Waals surface area contributed by atoms with E-state index in [-0.39, 0.29) is 13.0 Å². The second-order valence-corrected chi connectivity index (χ2v) is 5.22. The third kappa shape index (κ3) is 2.94. The van der Waals surface area contributed by atoms with Crippen LogP contribution in [0.4, 0.5) is 0 Å². The molecule has 2 amide bonds. The average Bonchev–Trinajstić information content (AvgIpc) is 2.85. The van der Waals surface area contributed by atoms with Crippen LogP contribution in [0.3, 0.4) is 0 Å². The van der Waals surface area contributed by atoms with E-state index in [0.717, 1.165) is 4.90 Å². The van der Waals surface area contributed by atoms with Gasteiger partial charge in [0.1, 0.15) is 12.0 Å². The van der Waals surface area contributed by atoms with Crippen LogP contribution in [0.15, 0.2) is 48.5 Å². The van der Waals surface area contributed by atoms with Crippen LogP contribution in [0, 0.1) is 0 Å². The number of aldehydes is 1. The van der Waals surface area contributed by atoms with Gasteiger partial charge < -0.3 is 4.74 Å². The molecule has 6 nitrogen and oxygen atoms in total. The zero-order valence-corrected chi connectivity index (χ0v) is 12.6. The van der Waals surface area contributed by atoms with Crippen LogP contribution in [0.2, 0.25) is 0 Å². The van der Waals surface area contributed by atoms with E-state index in [9.17, 15) is 19.2 Å². The predicted octanol–water partition coefficient (Wildman–Crippen LogP) is 2.09. The number of nitrogens with zero attached hydrogens (tertiary/aromatic N) is 1. The molecule has 0 aromatic heterocycles. The second-order valence-electron chi connectivity index (χ2n) is 5.22. The van der Waals surface area contributed by atoms with Crippen LogP contribution >= 0.6 is 0 Å². The number of imide groups is 1. The van der Waals surface area contributed by atoms with Crippen molar-refractivity contribution in [2.45, 2.75) is 6.42 Å². The lowest BCUT2D eigenvalue weighted by atomic mass is 10.1. The lowest BCUT2D eigenvalue weighted by Gasteiger charge is -2.13. The molecule has 120 valence electrons. The maximum Gasteiger partial charge on any atom is 0.312 e. The predicted molar refractivity (Wildman–Crippen MR) is 83.9 cm³/mol. The Morgan fingerprint density at radius 2 is 1.54 bits per heavy atom. The minimum absolute atomic E-state index is 0.0440. The molecule has 24 heavy (non-hydrogen) atoms. The van der Waals surface area contributed by atoms with Crippen molar-refractivity contribution in [3.63, 3.8) is 0 Å². The van der Waals surface area contributed by atoms with Crippen molar-refractivity contribution in [2.24, 2.45) is 0 Å². The highest BCUT2D eigenvalue weighted by molar-refractivity contribution is 6.21. The summed E-state index contributed by atoms with van der Waals surface area (Å²) in [5.74, 6) is -1.07. The number of carbonyl (C=O) groups excluding carboxylic acids is 4. The smallest absolute Gasteiger partial charge is 0.312 e. The molecule has 0 saturated carbocycles. The zero-order chi connectivity index (χ0) is 17.1. The fourth-order valence-electron chi connectivity index (χ4n) is 2.44. The minimum atomic E-state index is -0.564. The Morgan fingerprint density at radius 3 is 2.08 bits per heavy atom. The van der Waals surface area contributed by atoms with Crippen molar-refractivity contribution < 1.29 is 23.9 Å². The number of carbonyl (C=O) groups is 4. The molecular formula is C18H13NO5. The Labute approximate surface area is 137 Å². The molecule has 2 aromatic rings. The molecule has 0 saturated heterocycles. The largest absolute Gasteiger partial charge is 0.426 e. The summed E-state index contributed by atoms with van der Waals surface area (Å²) in [4.78, 5) is 47.8. The van der Waals surface area contributed by atoms with Crippen molar-refractivity contribution in [3.8, 4) is 5.75 Å². The van der Waals surface area contributed by atoms with E-state index < -0.39 is 17.8 Å². The van der Waals surface area contributed by atoms with Gasteiger partial charge in [-0.2, -0.15) is 0 Å². The number of benzene rings is 2. The Hall–Kier alpha value is -3.28. The van der Waals surface area contributed by atoms with Crippen LogP contribution in [0.5, 0.6) is 5.75 Å². The number of fused-ring (bicyclic) bond motifs is 1. The number of ether oxygens (including phenoxy) is 1. The standard InChI is InChI=1S/C18H13NO5/c20-11-12-5-7-13(8-6-12)24-16(21)9-10-19-17(22)14-3-1-2-4-15(14)18(19)23/h1-8,11H,9-10H2. The molecule has 0 bridgehead atoms. The van der Waals surface area contributed by atoms with Crippen LogP contribution in [-0.4, -0.2) is 35.5 Å². The fourth-order valence-corrected chi connectivity index (χ4v) is 2.44. The summed E-state index contributed by atoms with van der Waals surface area (Å²) in [5.41, 5.74) is 1.17. The van der Waals surface area contributed by atoms with Crippen LogP contribution in [-0.2, 0) is 4.79 Å². The third-order valence-electron chi connectivity index (χ3n) is 3.67. The molecule has 0 aliphatic carbocycles. The van der Waals surface area contributed by atoms with Crippen molar-refractivity contribution in [2.75, 3.05) is 6.54 Å². The third-order valence-corrected chi connectivity index (χ3v) is 3.67. The van der Waals surface area contributed by atoms with E-state index in [2.05, 4.69) is 0 Å². The maximum atomic E-state index is 12.2. The first-order valence-corrected chi connectivity index (χ1v) is 7.31. The van der Waals surface area contributed by atoms with Crippen molar-refractivity contribution in [1.82, 2.24) is 4.90 Å². The van der Waals surface area contributed by atoms with Crippen molar-refractivity contribution in [1.29, 1.82) is 0 Å². The van der Waals surface area contributed by atoms with Gasteiger partial charge in [-0.25, -0.2) is 0 Å². The Morgan fingerprint density at radius 1 is 0.958 bits per heavy atom. The molecule has 3 rings (SSSR count). The van der Waals surface area contributed by atoms with Gasteiger partial charge in [-0.15, -0.1) is 0 Å². The van der Waals surface area contributed by atoms with Gasteiger partial charge in [-0.1, -0.05) is 12.1 Å². The van der Waals surface area contributed by atoms with Crippen LogP contribution < -0.4 is 4.74 Å². The molecule has 0 spiro atoms. The second kappa shape index (κ2) is 6.45. The highest BCUT2D eigenvalue weighted by atomic mass is 16.5. The number of hydrogen-bond acceptors (Lipinski definition) is 5. The Balaban J connectivity index is 1.60. The molecule has 0 atom stereocenters. The molecule has 6 heteroatoms. The monoisotopic (exact) mass is 323 g/mol. The SMILES string of the molecule is O=Cc1ccc(OC(=O)CCN2C(=O)c3ccccc3C2=O)cc1. The van der Waals surface area contributed by atoms with E-state index in [0.29, 0.717) is 28.7 Å².